The van der Waals surface area contributed by atoms with Crippen molar-refractivity contribution in [3.05, 3.63) is 47.3 Å². The maximum absolute atomic E-state index is 7.61. The molecule has 0 unspecified atom stereocenters. The molecule has 1 aromatic rings. The molecular weight excluding hydrogens is 220 g/mol. The van der Waals surface area contributed by atoms with E-state index in [9.17, 15) is 0 Å². The summed E-state index contributed by atoms with van der Waals surface area (Å²) in [6.07, 6.45) is 1.88. The fourth-order valence-electron chi connectivity index (χ4n) is 2.76. The van der Waals surface area contributed by atoms with E-state index in [1.807, 2.05) is 18.2 Å². The molecule has 1 aromatic carbocycles. The van der Waals surface area contributed by atoms with Crippen molar-refractivity contribution in [2.45, 2.75) is 44.7 Å². The largest absolute Gasteiger partial charge is 0.305 e. The lowest BCUT2D eigenvalue weighted by Crippen LogP contribution is -2.49. The van der Waals surface area contributed by atoms with Crippen molar-refractivity contribution >= 4 is 0 Å². The molecule has 96 valence electrons. The second-order valence-electron chi connectivity index (χ2n) is 6.17. The van der Waals surface area contributed by atoms with Crippen LogP contribution in [0.2, 0.25) is 0 Å². The van der Waals surface area contributed by atoms with Crippen LogP contribution in [0.3, 0.4) is 0 Å². The fourth-order valence-corrected chi connectivity index (χ4v) is 2.76. The predicted octanol–water partition coefficient (Wildman–Crippen LogP) is 3.70. The first kappa shape index (κ1) is 13.1. The summed E-state index contributed by atoms with van der Waals surface area (Å²) in [4.78, 5) is 6.47. The molecule has 0 radical (unpaired) electrons. The maximum Gasteiger partial charge on any atom is 0.260 e. The molecule has 0 bridgehead atoms. The normalized spacial score (nSPS) is 20.3. The van der Waals surface area contributed by atoms with E-state index in [2.05, 4.69) is 42.6 Å². The first-order valence-corrected chi connectivity index (χ1v) is 6.67. The second-order valence-corrected chi connectivity index (χ2v) is 6.17. The van der Waals surface area contributed by atoms with Gasteiger partial charge in [-0.05, 0) is 20.8 Å². The summed E-state index contributed by atoms with van der Waals surface area (Å²) < 4.78 is 0. The molecule has 0 N–H and O–H groups in total. The summed E-state index contributed by atoms with van der Waals surface area (Å²) in [6.45, 7) is 16.4. The highest BCUT2D eigenvalue weighted by molar-refractivity contribution is 5.29. The first-order valence-electron chi connectivity index (χ1n) is 6.67. The third kappa shape index (κ3) is 2.42. The van der Waals surface area contributed by atoms with Gasteiger partial charge in [0.25, 0.3) is 5.54 Å². The zero-order valence-electron chi connectivity index (χ0n) is 11.6. The lowest BCUT2D eigenvalue weighted by molar-refractivity contribution is 0.0861. The Morgan fingerprint density at radius 3 is 2.11 bits per heavy atom. The molecule has 0 aliphatic carbocycles. The van der Waals surface area contributed by atoms with E-state index in [1.54, 1.807) is 0 Å². The second kappa shape index (κ2) is 4.74. The summed E-state index contributed by atoms with van der Waals surface area (Å²) >= 11 is 0. The zero-order valence-corrected chi connectivity index (χ0v) is 11.6. The van der Waals surface area contributed by atoms with Crippen LogP contribution >= 0.6 is 0 Å². The highest BCUT2D eigenvalue weighted by Crippen LogP contribution is 2.38. The molecule has 2 nitrogen and oxygen atoms in total. The quantitative estimate of drug-likeness (QED) is 0.681. The van der Waals surface area contributed by atoms with E-state index in [0.29, 0.717) is 0 Å². The van der Waals surface area contributed by atoms with Gasteiger partial charge in [-0.2, -0.15) is 0 Å². The Balaban J connectivity index is 2.18. The molecule has 0 saturated carbocycles. The number of hydrogen-bond donors (Lipinski definition) is 0. The van der Waals surface area contributed by atoms with Crippen LogP contribution in [0.5, 0.6) is 0 Å². The third-order valence-corrected chi connectivity index (χ3v) is 4.06. The number of piperidine rings is 1. The Morgan fingerprint density at radius 2 is 1.67 bits per heavy atom. The average molecular weight is 242 g/mol. The van der Waals surface area contributed by atoms with Gasteiger partial charge >= 0.3 is 0 Å². The van der Waals surface area contributed by atoms with Crippen LogP contribution in [0.1, 0.15) is 39.2 Å². The molecule has 0 aromatic heterocycles. The van der Waals surface area contributed by atoms with Crippen LogP contribution in [0, 0.1) is 6.57 Å². The standard InChI is InChI=1S/C16H22N2/c1-15(2,3)18-12-10-16(17-4,11-13-18)14-8-6-5-7-9-14/h5-9H,10-13H2,1-3H3. The van der Waals surface area contributed by atoms with Gasteiger partial charge in [-0.25, -0.2) is 6.57 Å². The Hall–Kier alpha value is -1.33. The van der Waals surface area contributed by atoms with Gasteiger partial charge in [-0.3, -0.25) is 4.90 Å². The SMILES string of the molecule is [C-]#[N+]C1(c2ccccc2)CCN(C(C)(C)C)CC1. The summed E-state index contributed by atoms with van der Waals surface area (Å²) in [6, 6.07) is 10.3. The van der Waals surface area contributed by atoms with Gasteiger partial charge in [0.05, 0.1) is 0 Å². The van der Waals surface area contributed by atoms with E-state index in [4.69, 9.17) is 6.57 Å². The molecule has 18 heavy (non-hydrogen) atoms. The zero-order chi connectivity index (χ0) is 13.2. The van der Waals surface area contributed by atoms with Crippen LogP contribution in [0.25, 0.3) is 4.85 Å². The highest BCUT2D eigenvalue weighted by Gasteiger charge is 2.43. The van der Waals surface area contributed by atoms with Crippen molar-refractivity contribution in [3.8, 4) is 0 Å². The van der Waals surface area contributed by atoms with Crippen molar-refractivity contribution in [2.75, 3.05) is 13.1 Å². The Morgan fingerprint density at radius 1 is 1.11 bits per heavy atom. The Labute approximate surface area is 110 Å². The maximum atomic E-state index is 7.61. The molecule has 0 amide bonds. The van der Waals surface area contributed by atoms with Gasteiger partial charge in [0.15, 0.2) is 0 Å². The van der Waals surface area contributed by atoms with E-state index in [1.165, 1.54) is 5.56 Å². The first-order chi connectivity index (χ1) is 8.48. The summed E-state index contributed by atoms with van der Waals surface area (Å²) in [5.41, 5.74) is 1.11. The molecule has 0 atom stereocenters. The van der Waals surface area contributed by atoms with Crippen molar-refractivity contribution in [1.29, 1.82) is 0 Å². The number of nitrogens with zero attached hydrogens (tertiary/aromatic N) is 2. The molecular formula is C16H22N2. The summed E-state index contributed by atoms with van der Waals surface area (Å²) in [7, 11) is 0. The van der Waals surface area contributed by atoms with Crippen LogP contribution in [0.15, 0.2) is 30.3 Å². The molecule has 1 heterocycles. The minimum Gasteiger partial charge on any atom is -0.305 e. The number of benzene rings is 1. The third-order valence-electron chi connectivity index (χ3n) is 4.06. The molecule has 2 rings (SSSR count). The van der Waals surface area contributed by atoms with Crippen LogP contribution in [-0.4, -0.2) is 23.5 Å². The van der Waals surface area contributed by atoms with E-state index >= 15 is 0 Å². The van der Waals surface area contributed by atoms with Crippen LogP contribution in [-0.2, 0) is 5.54 Å². The molecule has 2 heteroatoms. The number of likely N-dealkylation sites (tertiary alicyclic amines) is 1. The Kier molecular flexibility index (Phi) is 3.45. The lowest BCUT2D eigenvalue weighted by Gasteiger charge is -2.41. The van der Waals surface area contributed by atoms with Crippen LogP contribution in [0.4, 0.5) is 0 Å². The molecule has 1 aliphatic heterocycles. The van der Waals surface area contributed by atoms with Gasteiger partial charge in [0.1, 0.15) is 0 Å². The molecule has 1 aliphatic rings. The van der Waals surface area contributed by atoms with E-state index < -0.39 is 0 Å². The average Bonchev–Trinajstić information content (AvgIpc) is 2.39. The smallest absolute Gasteiger partial charge is 0.260 e. The van der Waals surface area contributed by atoms with Gasteiger partial charge in [-0.15, -0.1) is 0 Å². The lowest BCUT2D eigenvalue weighted by atomic mass is 9.80. The summed E-state index contributed by atoms with van der Waals surface area (Å²) in [5.74, 6) is 0. The van der Waals surface area contributed by atoms with Crippen molar-refractivity contribution < 1.29 is 0 Å². The van der Waals surface area contributed by atoms with Gasteiger partial charge < -0.3 is 4.85 Å². The van der Waals surface area contributed by atoms with Crippen molar-refractivity contribution in [3.63, 3.8) is 0 Å². The van der Waals surface area contributed by atoms with E-state index in [0.717, 1.165) is 25.9 Å². The van der Waals surface area contributed by atoms with Gasteiger partial charge in [-0.1, -0.05) is 30.3 Å². The van der Waals surface area contributed by atoms with Crippen LogP contribution < -0.4 is 0 Å². The monoisotopic (exact) mass is 242 g/mol. The van der Waals surface area contributed by atoms with Crippen molar-refractivity contribution in [2.24, 2.45) is 0 Å². The minimum atomic E-state index is -0.289. The van der Waals surface area contributed by atoms with Gasteiger partial charge in [0, 0.05) is 37.0 Å². The van der Waals surface area contributed by atoms with E-state index in [-0.39, 0.29) is 11.1 Å². The Bertz CT molecular complexity index is 428. The number of rotatable bonds is 1. The molecule has 1 saturated heterocycles. The minimum absolute atomic E-state index is 0.213. The van der Waals surface area contributed by atoms with Gasteiger partial charge in [0.2, 0.25) is 0 Å². The summed E-state index contributed by atoms with van der Waals surface area (Å²) in [5, 5.41) is 0. The van der Waals surface area contributed by atoms with Crippen molar-refractivity contribution in [1.82, 2.24) is 4.90 Å². The predicted molar refractivity (Wildman–Crippen MR) is 75.3 cm³/mol. The highest BCUT2D eigenvalue weighted by atomic mass is 15.2. The molecule has 1 fully saturated rings. The topological polar surface area (TPSA) is 7.60 Å². The number of hydrogen-bond acceptors (Lipinski definition) is 1. The fraction of sp³-hybridized carbons (Fsp3) is 0.562. The molecule has 0 spiro atoms.